The summed E-state index contributed by atoms with van der Waals surface area (Å²) in [5, 5.41) is 0. The highest BCUT2D eigenvalue weighted by Gasteiger charge is 2.36. The Morgan fingerprint density at radius 2 is 1.92 bits per heavy atom. The zero-order chi connectivity index (χ0) is 17.7. The van der Waals surface area contributed by atoms with Crippen LogP contribution in [0, 0.1) is 5.92 Å². The van der Waals surface area contributed by atoms with Crippen LogP contribution in [0.1, 0.15) is 65.2 Å². The molecule has 0 radical (unpaired) electrons. The van der Waals surface area contributed by atoms with E-state index in [0.717, 1.165) is 51.5 Å². The molecule has 1 atom stereocenters. The molecule has 1 unspecified atom stereocenters. The number of likely N-dealkylation sites (tertiary alicyclic amines) is 1. The van der Waals surface area contributed by atoms with E-state index in [-0.39, 0.29) is 23.9 Å². The maximum atomic E-state index is 13.2. The van der Waals surface area contributed by atoms with E-state index in [1.54, 1.807) is 7.11 Å². The topological polar surface area (TPSA) is 49.9 Å². The highest BCUT2D eigenvalue weighted by Crippen LogP contribution is 2.27. The molecule has 2 rings (SSSR count). The Labute approximate surface area is 146 Å². The molecule has 0 N–H and O–H groups in total. The van der Waals surface area contributed by atoms with Gasteiger partial charge in [0.25, 0.3) is 0 Å². The second-order valence-corrected chi connectivity index (χ2v) is 7.80. The third kappa shape index (κ3) is 4.71. The standard InChI is InChI=1S/C19H34N2O3/c1-14(2)13-17(21-12-6-5-7-18(21)22)19(23)20(3)15-8-10-16(24-4)11-9-15/h14-17H,5-13H2,1-4H3. The summed E-state index contributed by atoms with van der Waals surface area (Å²) in [4.78, 5) is 29.3. The Hall–Kier alpha value is -1.10. The Morgan fingerprint density at radius 1 is 1.25 bits per heavy atom. The van der Waals surface area contributed by atoms with Crippen LogP contribution in [0.3, 0.4) is 0 Å². The third-order valence-electron chi connectivity index (χ3n) is 5.59. The molecule has 1 aliphatic carbocycles. The third-order valence-corrected chi connectivity index (χ3v) is 5.59. The van der Waals surface area contributed by atoms with Crippen LogP contribution in [-0.2, 0) is 14.3 Å². The monoisotopic (exact) mass is 338 g/mol. The van der Waals surface area contributed by atoms with Crippen molar-refractivity contribution in [1.29, 1.82) is 0 Å². The molecular weight excluding hydrogens is 304 g/mol. The minimum atomic E-state index is -0.289. The number of piperidine rings is 1. The van der Waals surface area contributed by atoms with Gasteiger partial charge in [-0.05, 0) is 50.9 Å². The van der Waals surface area contributed by atoms with E-state index in [4.69, 9.17) is 4.74 Å². The minimum absolute atomic E-state index is 0.125. The molecule has 5 nitrogen and oxygen atoms in total. The Morgan fingerprint density at radius 3 is 2.46 bits per heavy atom. The first-order valence-corrected chi connectivity index (χ1v) is 9.53. The van der Waals surface area contributed by atoms with Crippen molar-refractivity contribution >= 4 is 11.8 Å². The van der Waals surface area contributed by atoms with Gasteiger partial charge in [0, 0.05) is 33.2 Å². The van der Waals surface area contributed by atoms with Crippen LogP contribution in [0.2, 0.25) is 0 Å². The van der Waals surface area contributed by atoms with Crippen molar-refractivity contribution in [3.63, 3.8) is 0 Å². The van der Waals surface area contributed by atoms with Crippen molar-refractivity contribution in [3.05, 3.63) is 0 Å². The number of hydrogen-bond donors (Lipinski definition) is 0. The van der Waals surface area contributed by atoms with Gasteiger partial charge in [0.2, 0.25) is 11.8 Å². The predicted molar refractivity (Wildman–Crippen MR) is 94.6 cm³/mol. The molecule has 1 saturated carbocycles. The van der Waals surface area contributed by atoms with Crippen molar-refractivity contribution in [1.82, 2.24) is 9.80 Å². The lowest BCUT2D eigenvalue weighted by molar-refractivity contribution is -0.149. The number of rotatable bonds is 6. The van der Waals surface area contributed by atoms with Gasteiger partial charge < -0.3 is 14.5 Å². The van der Waals surface area contributed by atoms with Gasteiger partial charge in [0.1, 0.15) is 6.04 Å². The molecule has 2 amide bonds. The van der Waals surface area contributed by atoms with E-state index in [1.165, 1.54) is 0 Å². The fourth-order valence-corrected chi connectivity index (χ4v) is 4.05. The smallest absolute Gasteiger partial charge is 0.245 e. The van der Waals surface area contributed by atoms with Gasteiger partial charge in [-0.3, -0.25) is 9.59 Å². The van der Waals surface area contributed by atoms with Gasteiger partial charge in [0.15, 0.2) is 0 Å². The molecule has 24 heavy (non-hydrogen) atoms. The summed E-state index contributed by atoms with van der Waals surface area (Å²) >= 11 is 0. The van der Waals surface area contributed by atoms with Crippen LogP contribution < -0.4 is 0 Å². The quantitative estimate of drug-likeness (QED) is 0.748. The molecule has 2 aliphatic rings. The van der Waals surface area contributed by atoms with Gasteiger partial charge in [-0.25, -0.2) is 0 Å². The van der Waals surface area contributed by atoms with Crippen molar-refractivity contribution in [2.24, 2.45) is 5.92 Å². The average molecular weight is 338 g/mol. The molecule has 0 aromatic heterocycles. The molecule has 0 bridgehead atoms. The molecular formula is C19H34N2O3. The highest BCUT2D eigenvalue weighted by molar-refractivity contribution is 5.88. The number of carbonyl (C=O) groups excluding carboxylic acids is 2. The van der Waals surface area contributed by atoms with Crippen LogP contribution in [0.4, 0.5) is 0 Å². The summed E-state index contributed by atoms with van der Waals surface area (Å²) in [6.07, 6.45) is 7.64. The second kappa shape index (κ2) is 8.84. The zero-order valence-corrected chi connectivity index (χ0v) is 15.8. The van der Waals surface area contributed by atoms with Crippen LogP contribution in [-0.4, -0.2) is 60.5 Å². The summed E-state index contributed by atoms with van der Waals surface area (Å²) < 4.78 is 5.43. The molecule has 138 valence electrons. The van der Waals surface area contributed by atoms with Gasteiger partial charge in [-0.15, -0.1) is 0 Å². The first kappa shape index (κ1) is 19.2. The Bertz CT molecular complexity index is 430. The van der Waals surface area contributed by atoms with Gasteiger partial charge >= 0.3 is 0 Å². The number of hydrogen-bond acceptors (Lipinski definition) is 3. The first-order chi connectivity index (χ1) is 11.4. The number of amides is 2. The maximum absolute atomic E-state index is 13.2. The summed E-state index contributed by atoms with van der Waals surface area (Å²) in [6.45, 7) is 4.98. The summed E-state index contributed by atoms with van der Waals surface area (Å²) in [7, 11) is 3.68. The van der Waals surface area contributed by atoms with Crippen molar-refractivity contribution < 1.29 is 14.3 Å². The zero-order valence-electron chi connectivity index (χ0n) is 15.8. The Kier molecular flexibility index (Phi) is 7.08. The molecule has 0 aromatic carbocycles. The average Bonchev–Trinajstić information content (AvgIpc) is 2.59. The minimum Gasteiger partial charge on any atom is -0.381 e. The van der Waals surface area contributed by atoms with Crippen LogP contribution in [0.25, 0.3) is 0 Å². The summed E-state index contributed by atoms with van der Waals surface area (Å²) in [6, 6.07) is -0.0126. The van der Waals surface area contributed by atoms with E-state index in [1.807, 2.05) is 16.8 Å². The summed E-state index contributed by atoms with van der Waals surface area (Å²) in [5.41, 5.74) is 0. The molecule has 1 heterocycles. The lowest BCUT2D eigenvalue weighted by atomic mass is 9.91. The van der Waals surface area contributed by atoms with E-state index in [2.05, 4.69) is 13.8 Å². The molecule has 0 spiro atoms. The first-order valence-electron chi connectivity index (χ1n) is 9.53. The van der Waals surface area contributed by atoms with Gasteiger partial charge in [0.05, 0.1) is 6.10 Å². The summed E-state index contributed by atoms with van der Waals surface area (Å²) in [5.74, 6) is 0.669. The van der Waals surface area contributed by atoms with Gasteiger partial charge in [-0.2, -0.15) is 0 Å². The van der Waals surface area contributed by atoms with E-state index < -0.39 is 0 Å². The van der Waals surface area contributed by atoms with Crippen LogP contribution in [0.5, 0.6) is 0 Å². The van der Waals surface area contributed by atoms with Gasteiger partial charge in [-0.1, -0.05) is 13.8 Å². The number of nitrogens with zero attached hydrogens (tertiary/aromatic N) is 2. The van der Waals surface area contributed by atoms with Crippen LogP contribution >= 0.6 is 0 Å². The fourth-order valence-electron chi connectivity index (χ4n) is 4.05. The van der Waals surface area contributed by atoms with Crippen molar-refractivity contribution in [3.8, 4) is 0 Å². The SMILES string of the molecule is COC1CCC(N(C)C(=O)C(CC(C)C)N2CCCCC2=O)CC1. The molecule has 5 heteroatoms. The second-order valence-electron chi connectivity index (χ2n) is 7.80. The molecule has 2 fully saturated rings. The highest BCUT2D eigenvalue weighted by atomic mass is 16.5. The largest absolute Gasteiger partial charge is 0.381 e. The molecule has 0 aromatic rings. The lowest BCUT2D eigenvalue weighted by Gasteiger charge is -2.40. The number of likely N-dealkylation sites (N-methyl/N-ethyl adjacent to an activating group) is 1. The number of ether oxygens (including phenoxy) is 1. The number of carbonyl (C=O) groups is 2. The van der Waals surface area contributed by atoms with Crippen molar-refractivity contribution in [2.45, 2.75) is 83.4 Å². The van der Waals surface area contributed by atoms with E-state index in [9.17, 15) is 9.59 Å². The van der Waals surface area contributed by atoms with E-state index in [0.29, 0.717) is 18.4 Å². The molecule has 1 saturated heterocycles. The van der Waals surface area contributed by atoms with Crippen LogP contribution in [0.15, 0.2) is 0 Å². The fraction of sp³-hybridized carbons (Fsp3) is 0.895. The Balaban J connectivity index is 2.04. The maximum Gasteiger partial charge on any atom is 0.245 e. The lowest BCUT2D eigenvalue weighted by Crippen LogP contribution is -2.54. The predicted octanol–water partition coefficient (Wildman–Crippen LogP) is 2.83. The normalized spacial score (nSPS) is 26.5. The molecule has 1 aliphatic heterocycles. The van der Waals surface area contributed by atoms with E-state index >= 15 is 0 Å². The number of methoxy groups -OCH3 is 1. The van der Waals surface area contributed by atoms with Crippen molar-refractivity contribution in [2.75, 3.05) is 20.7 Å².